The van der Waals surface area contributed by atoms with Crippen molar-refractivity contribution in [3.63, 3.8) is 0 Å². The zero-order valence-electron chi connectivity index (χ0n) is 15.0. The van der Waals surface area contributed by atoms with Gasteiger partial charge in [0.25, 0.3) is 0 Å². The lowest BCUT2D eigenvalue weighted by Gasteiger charge is -2.22. The predicted molar refractivity (Wildman–Crippen MR) is 99.8 cm³/mol. The fourth-order valence-electron chi connectivity index (χ4n) is 3.62. The second kappa shape index (κ2) is 7.78. The van der Waals surface area contributed by atoms with Crippen LogP contribution in [0.25, 0.3) is 11.4 Å². The maximum absolute atomic E-state index is 13.0. The fourth-order valence-corrected chi connectivity index (χ4v) is 3.62. The molecule has 0 aliphatic heterocycles. The van der Waals surface area contributed by atoms with Crippen LogP contribution in [0.1, 0.15) is 53.9 Å². The van der Waals surface area contributed by atoms with Gasteiger partial charge in [0.1, 0.15) is 12.4 Å². The van der Waals surface area contributed by atoms with Crippen molar-refractivity contribution < 1.29 is 9.18 Å². The number of ketones is 1. The van der Waals surface area contributed by atoms with E-state index in [0.717, 1.165) is 0 Å². The number of nitrogens with zero attached hydrogens (tertiary/aromatic N) is 4. The number of carbonyl (C=O) groups is 1. The summed E-state index contributed by atoms with van der Waals surface area (Å²) in [6.07, 6.45) is 6.39. The average Bonchev–Trinajstić information content (AvgIpc) is 3.18. The number of halogens is 1. The highest BCUT2D eigenvalue weighted by Gasteiger charge is 2.16. The summed E-state index contributed by atoms with van der Waals surface area (Å²) in [6, 6.07) is 13.8. The molecule has 6 heteroatoms. The predicted octanol–water partition coefficient (Wildman–Crippen LogP) is 4.41. The maximum atomic E-state index is 13.0. The summed E-state index contributed by atoms with van der Waals surface area (Å²) in [5.74, 6) is 0.611. The molecule has 1 aliphatic carbocycles. The van der Waals surface area contributed by atoms with Crippen LogP contribution in [-0.2, 0) is 6.54 Å². The minimum Gasteiger partial charge on any atom is -0.292 e. The summed E-state index contributed by atoms with van der Waals surface area (Å²) in [4.78, 5) is 13.8. The lowest BCUT2D eigenvalue weighted by atomic mass is 9.84. The molecule has 1 saturated carbocycles. The zero-order valence-corrected chi connectivity index (χ0v) is 15.0. The summed E-state index contributed by atoms with van der Waals surface area (Å²) in [5.41, 5.74) is 2.63. The largest absolute Gasteiger partial charge is 0.292 e. The van der Waals surface area contributed by atoms with E-state index in [9.17, 15) is 9.18 Å². The van der Waals surface area contributed by atoms with E-state index < -0.39 is 0 Å². The van der Waals surface area contributed by atoms with E-state index in [0.29, 0.717) is 22.9 Å². The molecule has 4 rings (SSSR count). The fraction of sp³-hybridized carbons (Fsp3) is 0.333. The van der Waals surface area contributed by atoms with Crippen LogP contribution in [0.15, 0.2) is 48.5 Å². The van der Waals surface area contributed by atoms with E-state index in [1.807, 2.05) is 12.1 Å². The summed E-state index contributed by atoms with van der Waals surface area (Å²) in [5, 5.41) is 12.1. The Bertz CT molecular complexity index is 912. The number of aromatic nitrogens is 4. The zero-order chi connectivity index (χ0) is 18.6. The lowest BCUT2D eigenvalue weighted by molar-refractivity contribution is 0.0961. The molecule has 27 heavy (non-hydrogen) atoms. The Labute approximate surface area is 157 Å². The number of benzene rings is 2. The van der Waals surface area contributed by atoms with Gasteiger partial charge in [-0.3, -0.25) is 4.79 Å². The molecule has 3 aromatic rings. The molecule has 0 atom stereocenters. The highest BCUT2D eigenvalue weighted by molar-refractivity contribution is 5.95. The van der Waals surface area contributed by atoms with E-state index in [4.69, 9.17) is 0 Å². The number of hydrogen-bond acceptors (Lipinski definition) is 4. The Balaban J connectivity index is 1.42. The molecule has 0 radical (unpaired) electrons. The molecule has 0 unspecified atom stereocenters. The van der Waals surface area contributed by atoms with Crippen LogP contribution >= 0.6 is 0 Å². The smallest absolute Gasteiger partial charge is 0.204 e. The van der Waals surface area contributed by atoms with Crippen molar-refractivity contribution in [1.29, 1.82) is 0 Å². The van der Waals surface area contributed by atoms with E-state index >= 15 is 0 Å². The Morgan fingerprint density at radius 2 is 1.70 bits per heavy atom. The third kappa shape index (κ3) is 4.10. The summed E-state index contributed by atoms with van der Waals surface area (Å²) >= 11 is 0. The van der Waals surface area contributed by atoms with Crippen LogP contribution in [0.3, 0.4) is 0 Å². The Hall–Kier alpha value is -2.89. The number of hydrogen-bond donors (Lipinski definition) is 0. The van der Waals surface area contributed by atoms with Crippen LogP contribution in [0.2, 0.25) is 0 Å². The van der Waals surface area contributed by atoms with Crippen LogP contribution in [0.5, 0.6) is 0 Å². The Morgan fingerprint density at radius 3 is 2.41 bits per heavy atom. The number of tetrazole rings is 1. The standard InChI is InChI=1S/C21H21FN4O/c22-19-12-10-18(11-13-19)21-23-25-26(24-21)14-20(27)17-8-6-16(7-9-17)15-4-2-1-3-5-15/h6-13,15H,1-5,14H2. The van der Waals surface area contributed by atoms with Gasteiger partial charge >= 0.3 is 0 Å². The first-order valence-electron chi connectivity index (χ1n) is 9.36. The third-order valence-electron chi connectivity index (χ3n) is 5.15. The highest BCUT2D eigenvalue weighted by atomic mass is 19.1. The van der Waals surface area contributed by atoms with Crippen molar-refractivity contribution in [1.82, 2.24) is 20.2 Å². The van der Waals surface area contributed by atoms with Gasteiger partial charge in [-0.15, -0.1) is 10.2 Å². The highest BCUT2D eigenvalue weighted by Crippen LogP contribution is 2.32. The van der Waals surface area contributed by atoms with Gasteiger partial charge in [0.15, 0.2) is 5.78 Å². The molecule has 1 aliphatic rings. The molecule has 1 aromatic heterocycles. The second-order valence-electron chi connectivity index (χ2n) is 7.03. The first-order chi connectivity index (χ1) is 13.2. The van der Waals surface area contributed by atoms with E-state index in [-0.39, 0.29) is 18.1 Å². The van der Waals surface area contributed by atoms with Crippen molar-refractivity contribution >= 4 is 5.78 Å². The lowest BCUT2D eigenvalue weighted by Crippen LogP contribution is -2.13. The van der Waals surface area contributed by atoms with Crippen molar-refractivity contribution in [2.75, 3.05) is 0 Å². The quantitative estimate of drug-likeness (QED) is 0.629. The monoisotopic (exact) mass is 364 g/mol. The van der Waals surface area contributed by atoms with Crippen LogP contribution in [0.4, 0.5) is 4.39 Å². The van der Waals surface area contributed by atoms with Crippen LogP contribution < -0.4 is 0 Å². The summed E-state index contributed by atoms with van der Waals surface area (Å²) < 4.78 is 13.0. The van der Waals surface area contributed by atoms with Crippen molar-refractivity contribution in [2.45, 2.75) is 44.6 Å². The van der Waals surface area contributed by atoms with Crippen molar-refractivity contribution in [2.24, 2.45) is 0 Å². The Morgan fingerprint density at radius 1 is 1.00 bits per heavy atom. The molecule has 0 spiro atoms. The molecular weight excluding hydrogens is 343 g/mol. The molecule has 2 aromatic carbocycles. The van der Waals surface area contributed by atoms with E-state index in [1.165, 1.54) is 54.6 Å². The second-order valence-corrected chi connectivity index (χ2v) is 7.03. The molecular formula is C21H21FN4O. The molecule has 5 nitrogen and oxygen atoms in total. The molecule has 0 bridgehead atoms. The molecule has 1 heterocycles. The molecule has 1 fully saturated rings. The normalized spacial score (nSPS) is 15.0. The van der Waals surface area contributed by atoms with Gasteiger partial charge in [-0.05, 0) is 53.8 Å². The van der Waals surface area contributed by atoms with Gasteiger partial charge in [0.2, 0.25) is 5.82 Å². The van der Waals surface area contributed by atoms with Crippen LogP contribution in [-0.4, -0.2) is 26.0 Å². The first-order valence-corrected chi connectivity index (χ1v) is 9.36. The first kappa shape index (κ1) is 17.5. The van der Waals surface area contributed by atoms with Gasteiger partial charge in [0, 0.05) is 11.1 Å². The summed E-state index contributed by atoms with van der Waals surface area (Å²) in [6.45, 7) is 0.0248. The number of carbonyl (C=O) groups excluding carboxylic acids is 1. The maximum Gasteiger partial charge on any atom is 0.204 e. The van der Waals surface area contributed by atoms with Gasteiger partial charge in [0.05, 0.1) is 0 Å². The molecule has 0 amide bonds. The van der Waals surface area contributed by atoms with Gasteiger partial charge in [-0.25, -0.2) is 4.39 Å². The van der Waals surface area contributed by atoms with Gasteiger partial charge in [-0.2, -0.15) is 4.80 Å². The Kier molecular flexibility index (Phi) is 5.05. The molecule has 0 N–H and O–H groups in total. The minimum absolute atomic E-state index is 0.0248. The van der Waals surface area contributed by atoms with Gasteiger partial charge in [-0.1, -0.05) is 43.5 Å². The molecule has 138 valence electrons. The molecule has 0 saturated heterocycles. The minimum atomic E-state index is -0.321. The van der Waals surface area contributed by atoms with Crippen molar-refractivity contribution in [3.8, 4) is 11.4 Å². The van der Waals surface area contributed by atoms with Crippen LogP contribution in [0, 0.1) is 5.82 Å². The van der Waals surface area contributed by atoms with E-state index in [1.54, 1.807) is 12.1 Å². The third-order valence-corrected chi connectivity index (χ3v) is 5.15. The number of rotatable bonds is 5. The average molecular weight is 364 g/mol. The number of Topliss-reactive ketones (excluding diaryl/α,β-unsaturated/α-hetero) is 1. The van der Waals surface area contributed by atoms with Crippen molar-refractivity contribution in [3.05, 3.63) is 65.5 Å². The topological polar surface area (TPSA) is 60.7 Å². The van der Waals surface area contributed by atoms with E-state index in [2.05, 4.69) is 27.5 Å². The SMILES string of the molecule is O=C(Cn1nnc(-c2ccc(F)cc2)n1)c1ccc(C2CCCCC2)cc1. The van der Waals surface area contributed by atoms with Gasteiger partial charge < -0.3 is 0 Å². The summed E-state index contributed by atoms with van der Waals surface area (Å²) in [7, 11) is 0.